The zero-order chi connectivity index (χ0) is 25.4. The van der Waals surface area contributed by atoms with Crippen LogP contribution >= 0.6 is 0 Å². The fraction of sp³-hybridized carbons (Fsp3) is 0.577. The van der Waals surface area contributed by atoms with Crippen molar-refractivity contribution < 1.29 is 17.9 Å². The van der Waals surface area contributed by atoms with Crippen molar-refractivity contribution in [1.29, 1.82) is 0 Å². The number of nitrogens with zero attached hydrogens (tertiary/aromatic N) is 6. The van der Waals surface area contributed by atoms with Crippen molar-refractivity contribution in [1.82, 2.24) is 24.4 Å². The second-order valence-corrected chi connectivity index (χ2v) is 10.2. The van der Waals surface area contributed by atoms with E-state index < -0.39 is 12.6 Å². The van der Waals surface area contributed by atoms with Gasteiger partial charge in [-0.15, -0.1) is 0 Å². The maximum Gasteiger partial charge on any atom is 0.296 e. The quantitative estimate of drug-likeness (QED) is 0.505. The lowest BCUT2D eigenvalue weighted by atomic mass is 9.84. The summed E-state index contributed by atoms with van der Waals surface area (Å²) in [4.78, 5) is 18.0. The number of morpholine rings is 1. The third-order valence-corrected chi connectivity index (χ3v) is 7.79. The number of hydrogen-bond donors (Lipinski definition) is 1. The third kappa shape index (κ3) is 5.11. The van der Waals surface area contributed by atoms with Crippen molar-refractivity contribution in [3.8, 4) is 5.82 Å². The van der Waals surface area contributed by atoms with E-state index >= 15 is 0 Å². The molecule has 8 nitrogen and oxygen atoms in total. The molecule has 0 unspecified atom stereocenters. The largest absolute Gasteiger partial charge is 0.378 e. The highest BCUT2D eigenvalue weighted by atomic mass is 19.3. The summed E-state index contributed by atoms with van der Waals surface area (Å²) in [6.45, 7) is 4.36. The van der Waals surface area contributed by atoms with Crippen LogP contribution in [-0.4, -0.2) is 82.6 Å². The number of fused-ring (bicyclic) bond motifs is 1. The number of aromatic nitrogens is 4. The van der Waals surface area contributed by atoms with Gasteiger partial charge in [0.1, 0.15) is 17.8 Å². The summed E-state index contributed by atoms with van der Waals surface area (Å²) in [6.07, 6.45) is 0.837. The number of rotatable bonds is 7. The standard InChI is InChI=1S/C26H32F3N7O/c27-18-15-35(16-18)19-7-5-17(6-8-19)14-30-26-32-22(34-9-11-37-12-10-34)13-23(33-26)36-21-4-2-1-3-20(21)31-25(36)24(28)29/h1-4,13,17-19,24H,5-12,14-16H2,(H,30,32,33). The predicted octanol–water partition coefficient (Wildman–Crippen LogP) is 4.21. The molecule has 1 saturated carbocycles. The van der Waals surface area contributed by atoms with Crippen molar-refractivity contribution in [3.63, 3.8) is 0 Å². The first-order valence-corrected chi connectivity index (χ1v) is 13.1. The Morgan fingerprint density at radius 1 is 0.973 bits per heavy atom. The molecule has 11 heteroatoms. The molecule has 0 spiro atoms. The maximum absolute atomic E-state index is 14.0. The molecule has 3 aromatic rings. The molecule has 0 atom stereocenters. The third-order valence-electron chi connectivity index (χ3n) is 7.79. The fourth-order valence-corrected chi connectivity index (χ4v) is 5.71. The van der Waals surface area contributed by atoms with Crippen molar-refractivity contribution in [2.45, 2.75) is 44.3 Å². The smallest absolute Gasteiger partial charge is 0.296 e. The summed E-state index contributed by atoms with van der Waals surface area (Å²) >= 11 is 0. The number of benzene rings is 1. The molecule has 1 N–H and O–H groups in total. The molecule has 1 aliphatic carbocycles. The van der Waals surface area contributed by atoms with Gasteiger partial charge in [-0.25, -0.2) is 18.2 Å². The van der Waals surface area contributed by atoms with Crippen LogP contribution in [-0.2, 0) is 4.74 Å². The molecule has 0 amide bonds. The van der Waals surface area contributed by atoms with Crippen LogP contribution in [0.1, 0.15) is 37.9 Å². The van der Waals surface area contributed by atoms with Gasteiger partial charge < -0.3 is 15.0 Å². The van der Waals surface area contributed by atoms with Crippen LogP contribution in [0.3, 0.4) is 0 Å². The van der Waals surface area contributed by atoms with E-state index in [9.17, 15) is 13.2 Å². The zero-order valence-corrected chi connectivity index (χ0v) is 20.7. The second-order valence-electron chi connectivity index (χ2n) is 10.2. The van der Waals surface area contributed by atoms with Crippen LogP contribution in [0.5, 0.6) is 0 Å². The molecule has 2 saturated heterocycles. The number of alkyl halides is 3. The Morgan fingerprint density at radius 2 is 1.70 bits per heavy atom. The Morgan fingerprint density at radius 3 is 2.43 bits per heavy atom. The number of imidazole rings is 1. The van der Waals surface area contributed by atoms with Gasteiger partial charge in [0.25, 0.3) is 6.43 Å². The van der Waals surface area contributed by atoms with Crippen LogP contribution in [0.25, 0.3) is 16.9 Å². The fourth-order valence-electron chi connectivity index (χ4n) is 5.71. The Labute approximate surface area is 213 Å². The topological polar surface area (TPSA) is 71.3 Å². The summed E-state index contributed by atoms with van der Waals surface area (Å²) in [5.74, 6) is 1.59. The van der Waals surface area contributed by atoms with Gasteiger partial charge in [-0.2, -0.15) is 9.97 Å². The summed E-state index contributed by atoms with van der Waals surface area (Å²) in [5, 5.41) is 3.40. The minimum Gasteiger partial charge on any atom is -0.378 e. The molecule has 2 aromatic heterocycles. The minimum absolute atomic E-state index is 0.335. The molecule has 4 heterocycles. The van der Waals surface area contributed by atoms with Crippen molar-refractivity contribution >= 4 is 22.8 Å². The predicted molar refractivity (Wildman–Crippen MR) is 135 cm³/mol. The average molecular weight is 516 g/mol. The number of halogens is 3. The van der Waals surface area contributed by atoms with E-state index in [0.29, 0.717) is 86.5 Å². The first-order valence-electron chi connectivity index (χ1n) is 13.1. The Balaban J connectivity index is 1.25. The number of para-hydroxylation sites is 2. The van der Waals surface area contributed by atoms with E-state index in [0.717, 1.165) is 25.7 Å². The van der Waals surface area contributed by atoms with Gasteiger partial charge in [-0.1, -0.05) is 12.1 Å². The van der Waals surface area contributed by atoms with E-state index in [1.807, 2.05) is 6.07 Å². The summed E-state index contributed by atoms with van der Waals surface area (Å²) in [6, 6.07) is 9.34. The Kier molecular flexibility index (Phi) is 6.90. The molecule has 37 heavy (non-hydrogen) atoms. The number of anilines is 2. The average Bonchev–Trinajstić information content (AvgIpc) is 3.31. The van der Waals surface area contributed by atoms with Crippen LogP contribution in [0.15, 0.2) is 30.3 Å². The lowest BCUT2D eigenvalue weighted by molar-refractivity contribution is 0.00903. The molecular formula is C26H32F3N7O. The van der Waals surface area contributed by atoms with Gasteiger partial charge in [0.05, 0.1) is 24.2 Å². The molecular weight excluding hydrogens is 483 g/mol. The van der Waals surface area contributed by atoms with Crippen molar-refractivity contribution in [2.24, 2.45) is 5.92 Å². The van der Waals surface area contributed by atoms with E-state index in [1.165, 1.54) is 4.57 Å². The first kappa shape index (κ1) is 24.4. The van der Waals surface area contributed by atoms with E-state index in [2.05, 4.69) is 25.1 Å². The molecule has 0 bridgehead atoms. The van der Waals surface area contributed by atoms with Crippen LogP contribution in [0.2, 0.25) is 0 Å². The second kappa shape index (κ2) is 10.4. The van der Waals surface area contributed by atoms with Gasteiger partial charge >= 0.3 is 0 Å². The molecule has 3 aliphatic rings. The Hall–Kier alpha value is -2.92. The molecule has 0 radical (unpaired) electrons. The highest BCUT2D eigenvalue weighted by molar-refractivity contribution is 5.78. The van der Waals surface area contributed by atoms with Crippen molar-refractivity contribution in [2.75, 3.05) is 56.2 Å². The molecule has 2 aliphatic heterocycles. The summed E-state index contributed by atoms with van der Waals surface area (Å²) in [5.41, 5.74) is 1.08. The molecule has 1 aromatic carbocycles. The lowest BCUT2D eigenvalue weighted by Crippen LogP contribution is -2.54. The normalized spacial score (nSPS) is 23.5. The highest BCUT2D eigenvalue weighted by Crippen LogP contribution is 2.32. The summed E-state index contributed by atoms with van der Waals surface area (Å²) in [7, 11) is 0. The van der Waals surface area contributed by atoms with Gasteiger partial charge in [0, 0.05) is 44.8 Å². The number of hydrogen-bond acceptors (Lipinski definition) is 7. The van der Waals surface area contributed by atoms with Crippen molar-refractivity contribution in [3.05, 3.63) is 36.2 Å². The van der Waals surface area contributed by atoms with E-state index in [4.69, 9.17) is 9.72 Å². The molecule has 3 fully saturated rings. The van der Waals surface area contributed by atoms with Crippen LogP contribution < -0.4 is 10.2 Å². The molecule has 6 rings (SSSR count). The first-order chi connectivity index (χ1) is 18.0. The van der Waals surface area contributed by atoms with E-state index in [-0.39, 0.29) is 5.82 Å². The monoisotopic (exact) mass is 515 g/mol. The molecule has 198 valence electrons. The number of ether oxygens (including phenoxy) is 1. The zero-order valence-electron chi connectivity index (χ0n) is 20.7. The Bertz CT molecular complexity index is 1220. The maximum atomic E-state index is 14.0. The highest BCUT2D eigenvalue weighted by Gasteiger charge is 2.34. The van der Waals surface area contributed by atoms with Crippen LogP contribution in [0.4, 0.5) is 24.9 Å². The lowest BCUT2D eigenvalue weighted by Gasteiger charge is -2.43. The van der Waals surface area contributed by atoms with Gasteiger partial charge in [0.15, 0.2) is 5.82 Å². The van der Waals surface area contributed by atoms with E-state index in [1.54, 1.807) is 24.3 Å². The van der Waals surface area contributed by atoms with Crippen LogP contribution in [0, 0.1) is 5.92 Å². The van der Waals surface area contributed by atoms with Gasteiger partial charge in [-0.05, 0) is 43.7 Å². The number of nitrogens with one attached hydrogen (secondary N) is 1. The van der Waals surface area contributed by atoms with Gasteiger partial charge in [0.2, 0.25) is 5.95 Å². The van der Waals surface area contributed by atoms with Gasteiger partial charge in [-0.3, -0.25) is 9.47 Å². The number of likely N-dealkylation sites (tertiary alicyclic amines) is 1. The SMILES string of the molecule is FC1CN(C2CCC(CNc3nc(N4CCOCC4)cc(-n4c(C(F)F)nc5ccccc54)n3)CC2)C1. The summed E-state index contributed by atoms with van der Waals surface area (Å²) < 4.78 is 48.3. The minimum atomic E-state index is -2.75.